The standard InChI is InChI=1S/C12H12N6S/c13-7-8-3-4-9(19-8)10-15-11(14)17-12(16-10)18-5-1-2-6-18/h3-4H,1-2,5-6H2,(H2,14,15,16,17). The van der Waals surface area contributed by atoms with Crippen LogP contribution in [0.25, 0.3) is 10.7 Å². The average molecular weight is 272 g/mol. The molecule has 0 saturated carbocycles. The van der Waals surface area contributed by atoms with Crippen LogP contribution in [-0.2, 0) is 0 Å². The molecule has 0 amide bonds. The molecule has 1 aliphatic heterocycles. The van der Waals surface area contributed by atoms with Gasteiger partial charge in [0, 0.05) is 13.1 Å². The quantitative estimate of drug-likeness (QED) is 0.893. The van der Waals surface area contributed by atoms with Gasteiger partial charge in [0.25, 0.3) is 0 Å². The van der Waals surface area contributed by atoms with E-state index in [0.29, 0.717) is 16.6 Å². The first-order chi connectivity index (χ1) is 9.26. The third-order valence-electron chi connectivity index (χ3n) is 2.97. The minimum Gasteiger partial charge on any atom is -0.368 e. The fourth-order valence-corrected chi connectivity index (χ4v) is 2.80. The van der Waals surface area contributed by atoms with Crippen molar-refractivity contribution >= 4 is 23.2 Å². The van der Waals surface area contributed by atoms with Crippen molar-refractivity contribution in [2.45, 2.75) is 12.8 Å². The molecule has 96 valence electrons. The molecule has 0 atom stereocenters. The Morgan fingerprint density at radius 2 is 2.00 bits per heavy atom. The van der Waals surface area contributed by atoms with Crippen LogP contribution in [0.3, 0.4) is 0 Å². The molecule has 0 unspecified atom stereocenters. The minimum atomic E-state index is 0.221. The third kappa shape index (κ3) is 2.35. The van der Waals surface area contributed by atoms with Gasteiger partial charge in [0.1, 0.15) is 10.9 Å². The molecule has 19 heavy (non-hydrogen) atoms. The number of aromatic nitrogens is 3. The van der Waals surface area contributed by atoms with Gasteiger partial charge >= 0.3 is 0 Å². The van der Waals surface area contributed by atoms with E-state index < -0.39 is 0 Å². The van der Waals surface area contributed by atoms with Gasteiger partial charge < -0.3 is 10.6 Å². The molecule has 0 aromatic carbocycles. The Bertz CT molecular complexity index is 638. The highest BCUT2D eigenvalue weighted by Crippen LogP contribution is 2.27. The maximum absolute atomic E-state index is 8.85. The van der Waals surface area contributed by atoms with Gasteiger partial charge in [0.15, 0.2) is 5.82 Å². The van der Waals surface area contributed by atoms with Gasteiger partial charge in [-0.2, -0.15) is 20.2 Å². The van der Waals surface area contributed by atoms with E-state index >= 15 is 0 Å². The fourth-order valence-electron chi connectivity index (χ4n) is 2.07. The van der Waals surface area contributed by atoms with Crippen molar-refractivity contribution in [3.63, 3.8) is 0 Å². The van der Waals surface area contributed by atoms with E-state index in [9.17, 15) is 0 Å². The number of thiophene rings is 1. The van der Waals surface area contributed by atoms with Crippen molar-refractivity contribution in [3.05, 3.63) is 17.0 Å². The number of hydrogen-bond acceptors (Lipinski definition) is 7. The molecule has 1 saturated heterocycles. The van der Waals surface area contributed by atoms with Crippen molar-refractivity contribution < 1.29 is 0 Å². The van der Waals surface area contributed by atoms with Crippen LogP contribution in [-0.4, -0.2) is 28.0 Å². The monoisotopic (exact) mass is 272 g/mol. The lowest BCUT2D eigenvalue weighted by Gasteiger charge is -2.15. The molecule has 7 heteroatoms. The summed E-state index contributed by atoms with van der Waals surface area (Å²) in [6.07, 6.45) is 2.30. The molecule has 0 spiro atoms. The van der Waals surface area contributed by atoms with Crippen LogP contribution < -0.4 is 10.6 Å². The highest BCUT2D eigenvalue weighted by Gasteiger charge is 2.17. The van der Waals surface area contributed by atoms with Crippen LogP contribution in [0.1, 0.15) is 17.7 Å². The number of nitrogen functional groups attached to an aromatic ring is 1. The first kappa shape index (κ1) is 11.9. The minimum absolute atomic E-state index is 0.221. The summed E-state index contributed by atoms with van der Waals surface area (Å²) in [6.45, 7) is 1.91. The van der Waals surface area contributed by atoms with E-state index in [4.69, 9.17) is 11.0 Å². The van der Waals surface area contributed by atoms with Crippen LogP contribution in [0.2, 0.25) is 0 Å². The number of rotatable bonds is 2. The molecule has 6 nitrogen and oxygen atoms in total. The summed E-state index contributed by atoms with van der Waals surface area (Å²) in [5.41, 5.74) is 5.75. The molecule has 3 heterocycles. The van der Waals surface area contributed by atoms with Crippen molar-refractivity contribution in [1.82, 2.24) is 15.0 Å². The Hall–Kier alpha value is -2.20. The zero-order valence-corrected chi connectivity index (χ0v) is 11.0. The van der Waals surface area contributed by atoms with Gasteiger partial charge in [-0.1, -0.05) is 0 Å². The summed E-state index contributed by atoms with van der Waals surface area (Å²) in [7, 11) is 0. The Kier molecular flexibility index (Phi) is 3.01. The number of nitriles is 1. The van der Waals surface area contributed by atoms with Crippen molar-refractivity contribution in [2.24, 2.45) is 0 Å². The number of anilines is 2. The van der Waals surface area contributed by atoms with Crippen molar-refractivity contribution in [2.75, 3.05) is 23.7 Å². The van der Waals surface area contributed by atoms with E-state index in [1.807, 2.05) is 6.07 Å². The van der Waals surface area contributed by atoms with Gasteiger partial charge in [-0.25, -0.2) is 0 Å². The summed E-state index contributed by atoms with van der Waals surface area (Å²) >= 11 is 1.36. The Morgan fingerprint density at radius 1 is 1.21 bits per heavy atom. The Labute approximate surface area is 114 Å². The molecule has 0 aliphatic carbocycles. The second kappa shape index (κ2) is 4.82. The first-order valence-electron chi connectivity index (χ1n) is 6.03. The van der Waals surface area contributed by atoms with Gasteiger partial charge in [-0.15, -0.1) is 11.3 Å². The molecule has 0 bridgehead atoms. The van der Waals surface area contributed by atoms with E-state index in [1.165, 1.54) is 11.3 Å². The van der Waals surface area contributed by atoms with E-state index in [0.717, 1.165) is 30.8 Å². The first-order valence-corrected chi connectivity index (χ1v) is 6.85. The van der Waals surface area contributed by atoms with Crippen LogP contribution in [0.4, 0.5) is 11.9 Å². The maximum Gasteiger partial charge on any atom is 0.230 e. The lowest BCUT2D eigenvalue weighted by molar-refractivity contribution is 0.888. The van der Waals surface area contributed by atoms with E-state index in [1.54, 1.807) is 6.07 Å². The van der Waals surface area contributed by atoms with Crippen LogP contribution in [0.5, 0.6) is 0 Å². The lowest BCUT2D eigenvalue weighted by Crippen LogP contribution is -2.21. The second-order valence-corrected chi connectivity index (χ2v) is 5.37. The van der Waals surface area contributed by atoms with Gasteiger partial charge in [0.2, 0.25) is 11.9 Å². The van der Waals surface area contributed by atoms with Gasteiger partial charge in [-0.05, 0) is 25.0 Å². The van der Waals surface area contributed by atoms with Crippen LogP contribution in [0.15, 0.2) is 12.1 Å². The molecule has 2 aromatic rings. The number of hydrogen-bond donors (Lipinski definition) is 1. The predicted molar refractivity (Wildman–Crippen MR) is 73.7 cm³/mol. The van der Waals surface area contributed by atoms with Crippen LogP contribution in [0, 0.1) is 11.3 Å². The predicted octanol–water partition coefficient (Wildman–Crippen LogP) is 1.65. The molecular formula is C12H12N6S. The third-order valence-corrected chi connectivity index (χ3v) is 3.95. The molecule has 2 aromatic heterocycles. The smallest absolute Gasteiger partial charge is 0.230 e. The van der Waals surface area contributed by atoms with Gasteiger partial charge in [-0.3, -0.25) is 0 Å². The summed E-state index contributed by atoms with van der Waals surface area (Å²) in [6, 6.07) is 5.71. The summed E-state index contributed by atoms with van der Waals surface area (Å²) in [5, 5.41) is 8.85. The highest BCUT2D eigenvalue weighted by molar-refractivity contribution is 7.15. The summed E-state index contributed by atoms with van der Waals surface area (Å²) in [5.74, 6) is 1.40. The largest absolute Gasteiger partial charge is 0.368 e. The maximum atomic E-state index is 8.85. The second-order valence-electron chi connectivity index (χ2n) is 4.29. The topological polar surface area (TPSA) is 91.7 Å². The molecule has 3 rings (SSSR count). The Morgan fingerprint density at radius 3 is 2.68 bits per heavy atom. The van der Waals surface area contributed by atoms with E-state index in [2.05, 4.69) is 25.9 Å². The Balaban J connectivity index is 1.99. The number of nitrogens with two attached hydrogens (primary N) is 1. The SMILES string of the molecule is N#Cc1ccc(-c2nc(N)nc(N3CCCC3)n2)s1. The zero-order chi connectivity index (χ0) is 13.2. The molecule has 0 radical (unpaired) electrons. The molecule has 1 fully saturated rings. The molecular weight excluding hydrogens is 260 g/mol. The summed E-state index contributed by atoms with van der Waals surface area (Å²) < 4.78 is 0. The molecule has 2 N–H and O–H groups in total. The zero-order valence-electron chi connectivity index (χ0n) is 10.2. The van der Waals surface area contributed by atoms with Crippen molar-refractivity contribution in [3.8, 4) is 16.8 Å². The van der Waals surface area contributed by atoms with Gasteiger partial charge in [0.05, 0.1) is 4.88 Å². The fraction of sp³-hybridized carbons (Fsp3) is 0.333. The normalized spacial score (nSPS) is 14.6. The number of nitrogens with zero attached hydrogens (tertiary/aromatic N) is 5. The summed E-state index contributed by atoms with van der Waals surface area (Å²) in [4.78, 5) is 16.4. The van der Waals surface area contributed by atoms with Crippen molar-refractivity contribution in [1.29, 1.82) is 5.26 Å². The highest BCUT2D eigenvalue weighted by atomic mass is 32.1. The molecule has 1 aliphatic rings. The van der Waals surface area contributed by atoms with E-state index in [-0.39, 0.29) is 5.95 Å². The average Bonchev–Trinajstić information content (AvgIpc) is 3.09. The van der Waals surface area contributed by atoms with Crippen LogP contribution >= 0.6 is 11.3 Å². The lowest BCUT2D eigenvalue weighted by atomic mass is 10.4.